The molecule has 1 aliphatic rings. The summed E-state index contributed by atoms with van der Waals surface area (Å²) < 4.78 is 6.94. The predicted octanol–water partition coefficient (Wildman–Crippen LogP) is 1.72. The number of anilines is 2. The average molecular weight is 357 g/mol. The minimum atomic E-state index is -0.480. The highest BCUT2D eigenvalue weighted by Crippen LogP contribution is 2.28. The van der Waals surface area contributed by atoms with E-state index in [1.54, 1.807) is 0 Å². The van der Waals surface area contributed by atoms with Crippen molar-refractivity contribution in [1.82, 2.24) is 20.1 Å². The van der Waals surface area contributed by atoms with Crippen LogP contribution in [0.4, 0.5) is 11.6 Å². The maximum atomic E-state index is 12.6. The first-order chi connectivity index (χ1) is 12.5. The Bertz CT molecular complexity index is 847. The summed E-state index contributed by atoms with van der Waals surface area (Å²) in [5.74, 6) is 0.752. The molecule has 1 atom stereocenters. The molecule has 2 aromatic rings. The molecule has 138 valence electrons. The molecule has 1 amide bonds. The minimum absolute atomic E-state index is 0.0256. The lowest BCUT2D eigenvalue weighted by molar-refractivity contribution is 0.0930. The highest BCUT2D eigenvalue weighted by Gasteiger charge is 2.27. The van der Waals surface area contributed by atoms with E-state index in [1.165, 1.54) is 4.57 Å². The Morgan fingerprint density at radius 3 is 2.62 bits per heavy atom. The molecule has 0 unspecified atom stereocenters. The molecule has 8 heteroatoms. The first kappa shape index (κ1) is 17.9. The summed E-state index contributed by atoms with van der Waals surface area (Å²) in [6, 6.07) is 7.55. The van der Waals surface area contributed by atoms with Crippen molar-refractivity contribution < 1.29 is 9.53 Å². The van der Waals surface area contributed by atoms with E-state index in [1.807, 2.05) is 49.9 Å². The molecule has 1 aromatic heterocycles. The van der Waals surface area contributed by atoms with Crippen LogP contribution in [0.1, 0.15) is 37.7 Å². The van der Waals surface area contributed by atoms with E-state index >= 15 is 0 Å². The quantitative estimate of drug-likeness (QED) is 0.847. The first-order valence-corrected chi connectivity index (χ1v) is 8.83. The summed E-state index contributed by atoms with van der Waals surface area (Å²) in [7, 11) is 0. The van der Waals surface area contributed by atoms with Crippen molar-refractivity contribution in [2.75, 3.05) is 18.1 Å². The summed E-state index contributed by atoms with van der Waals surface area (Å²) in [6.45, 7) is 7.43. The van der Waals surface area contributed by atoms with Gasteiger partial charge in [0.05, 0.1) is 6.61 Å². The van der Waals surface area contributed by atoms with E-state index in [0.717, 1.165) is 17.9 Å². The van der Waals surface area contributed by atoms with Crippen LogP contribution >= 0.6 is 0 Å². The van der Waals surface area contributed by atoms with Crippen LogP contribution in [0.15, 0.2) is 29.1 Å². The Morgan fingerprint density at radius 1 is 1.23 bits per heavy atom. The van der Waals surface area contributed by atoms with Crippen LogP contribution in [0.5, 0.6) is 5.75 Å². The molecule has 1 aromatic carbocycles. The zero-order valence-electron chi connectivity index (χ0n) is 15.2. The average Bonchev–Trinajstić information content (AvgIpc) is 3.07. The highest BCUT2D eigenvalue weighted by atomic mass is 16.5. The zero-order valence-corrected chi connectivity index (χ0v) is 15.2. The standard InChI is InChI=1S/C18H23N5O3/c1-4-12(3)19-16(24)15-17(25)23-11-10-22(18(23)21-20-15)13-6-8-14(9-7-13)26-5-2/h6-9,12H,4-5,10-11H2,1-3H3,(H,19,24)/t12-/m1/s1. The lowest BCUT2D eigenvalue weighted by Gasteiger charge is -2.17. The lowest BCUT2D eigenvalue weighted by atomic mass is 10.2. The third-order valence-corrected chi connectivity index (χ3v) is 4.38. The van der Waals surface area contributed by atoms with Crippen molar-refractivity contribution in [1.29, 1.82) is 0 Å². The molecule has 0 spiro atoms. The van der Waals surface area contributed by atoms with Gasteiger partial charge in [0, 0.05) is 24.8 Å². The van der Waals surface area contributed by atoms with Crippen molar-refractivity contribution >= 4 is 17.5 Å². The monoisotopic (exact) mass is 357 g/mol. The molecule has 0 saturated heterocycles. The number of nitrogens with one attached hydrogen (secondary N) is 1. The Labute approximate surface area is 151 Å². The van der Waals surface area contributed by atoms with E-state index < -0.39 is 11.5 Å². The van der Waals surface area contributed by atoms with Crippen LogP contribution < -0.4 is 20.5 Å². The van der Waals surface area contributed by atoms with Gasteiger partial charge in [0.2, 0.25) is 11.6 Å². The molecule has 1 aliphatic heterocycles. The maximum Gasteiger partial charge on any atom is 0.286 e. The van der Waals surface area contributed by atoms with Gasteiger partial charge in [-0.25, -0.2) is 0 Å². The Hall–Kier alpha value is -2.90. The van der Waals surface area contributed by atoms with E-state index in [0.29, 0.717) is 25.6 Å². The van der Waals surface area contributed by atoms with Crippen molar-refractivity contribution in [3.05, 3.63) is 40.3 Å². The summed E-state index contributed by atoms with van der Waals surface area (Å²) in [5.41, 5.74) is 0.317. The highest BCUT2D eigenvalue weighted by molar-refractivity contribution is 5.92. The molecule has 0 bridgehead atoms. The van der Waals surface area contributed by atoms with E-state index in [9.17, 15) is 9.59 Å². The second-order valence-corrected chi connectivity index (χ2v) is 6.17. The number of nitrogens with zero attached hydrogens (tertiary/aromatic N) is 4. The van der Waals surface area contributed by atoms with E-state index in [2.05, 4.69) is 15.5 Å². The van der Waals surface area contributed by atoms with Crippen LogP contribution in [0, 0.1) is 0 Å². The van der Waals surface area contributed by atoms with Crippen LogP contribution in [-0.4, -0.2) is 39.9 Å². The molecule has 26 heavy (non-hydrogen) atoms. The minimum Gasteiger partial charge on any atom is -0.494 e. The number of carbonyl (C=O) groups excluding carboxylic acids is 1. The molecular formula is C18H23N5O3. The van der Waals surface area contributed by atoms with Crippen molar-refractivity contribution in [2.24, 2.45) is 0 Å². The number of carbonyl (C=O) groups is 1. The van der Waals surface area contributed by atoms with Gasteiger partial charge < -0.3 is 15.0 Å². The van der Waals surface area contributed by atoms with Gasteiger partial charge in [-0.2, -0.15) is 0 Å². The van der Waals surface area contributed by atoms with Crippen molar-refractivity contribution in [3.63, 3.8) is 0 Å². The first-order valence-electron chi connectivity index (χ1n) is 8.83. The topological polar surface area (TPSA) is 89.3 Å². The summed E-state index contributed by atoms with van der Waals surface area (Å²) >= 11 is 0. The number of amides is 1. The zero-order chi connectivity index (χ0) is 18.7. The summed E-state index contributed by atoms with van der Waals surface area (Å²) in [4.78, 5) is 26.8. The fourth-order valence-corrected chi connectivity index (χ4v) is 2.78. The molecule has 0 fully saturated rings. The molecule has 1 N–H and O–H groups in total. The Morgan fingerprint density at radius 2 is 1.96 bits per heavy atom. The van der Waals surface area contributed by atoms with Gasteiger partial charge in [0.1, 0.15) is 5.75 Å². The van der Waals surface area contributed by atoms with Gasteiger partial charge in [-0.05, 0) is 44.5 Å². The number of fused-ring (bicyclic) bond motifs is 1. The number of ether oxygens (including phenoxy) is 1. The Balaban J connectivity index is 1.86. The molecule has 0 radical (unpaired) electrons. The van der Waals surface area contributed by atoms with Gasteiger partial charge in [0.25, 0.3) is 11.5 Å². The lowest BCUT2D eigenvalue weighted by Crippen LogP contribution is -2.38. The third kappa shape index (κ3) is 3.40. The SMILES string of the molecule is CCOc1ccc(N2CCn3c2nnc(C(=O)N[C@H](C)CC)c3=O)cc1. The van der Waals surface area contributed by atoms with E-state index in [4.69, 9.17) is 4.74 Å². The summed E-state index contributed by atoms with van der Waals surface area (Å²) in [6.07, 6.45) is 0.775. The predicted molar refractivity (Wildman–Crippen MR) is 98.1 cm³/mol. The third-order valence-electron chi connectivity index (χ3n) is 4.38. The van der Waals surface area contributed by atoms with E-state index in [-0.39, 0.29) is 11.7 Å². The maximum absolute atomic E-state index is 12.6. The fourth-order valence-electron chi connectivity index (χ4n) is 2.78. The second kappa shape index (κ2) is 7.55. The largest absolute Gasteiger partial charge is 0.494 e. The summed E-state index contributed by atoms with van der Waals surface area (Å²) in [5, 5.41) is 10.8. The molecule has 8 nitrogen and oxygen atoms in total. The van der Waals surface area contributed by atoms with Crippen LogP contribution in [0.3, 0.4) is 0 Å². The fraction of sp³-hybridized carbons (Fsp3) is 0.444. The van der Waals surface area contributed by atoms with Crippen molar-refractivity contribution in [3.8, 4) is 5.75 Å². The molecule has 2 heterocycles. The molecule has 3 rings (SSSR count). The van der Waals surface area contributed by atoms with Crippen LogP contribution in [0.25, 0.3) is 0 Å². The number of aromatic nitrogens is 3. The van der Waals surface area contributed by atoms with Crippen LogP contribution in [-0.2, 0) is 6.54 Å². The number of benzene rings is 1. The number of hydrogen-bond donors (Lipinski definition) is 1. The number of hydrogen-bond acceptors (Lipinski definition) is 6. The molecular weight excluding hydrogens is 334 g/mol. The van der Waals surface area contributed by atoms with Gasteiger partial charge in [-0.15, -0.1) is 10.2 Å². The van der Waals surface area contributed by atoms with Gasteiger partial charge in [-0.1, -0.05) is 6.92 Å². The number of rotatable bonds is 6. The second-order valence-electron chi connectivity index (χ2n) is 6.17. The smallest absolute Gasteiger partial charge is 0.286 e. The van der Waals surface area contributed by atoms with Crippen molar-refractivity contribution in [2.45, 2.75) is 39.8 Å². The van der Waals surface area contributed by atoms with Gasteiger partial charge in [0.15, 0.2) is 0 Å². The normalized spacial score (nSPS) is 14.0. The molecule has 0 saturated carbocycles. The van der Waals surface area contributed by atoms with Gasteiger partial charge >= 0.3 is 0 Å². The van der Waals surface area contributed by atoms with Crippen LogP contribution in [0.2, 0.25) is 0 Å². The molecule has 0 aliphatic carbocycles. The van der Waals surface area contributed by atoms with Gasteiger partial charge in [-0.3, -0.25) is 14.2 Å². The Kier molecular flexibility index (Phi) is 5.20.